The van der Waals surface area contributed by atoms with Crippen molar-refractivity contribution < 1.29 is 94.8 Å². The number of sulfonamides is 1. The van der Waals surface area contributed by atoms with E-state index in [0.717, 1.165) is 19.4 Å². The summed E-state index contributed by atoms with van der Waals surface area (Å²) in [5, 5.41) is 29.9. The van der Waals surface area contributed by atoms with Crippen LogP contribution in [-0.2, 0) is 81.3 Å². The lowest BCUT2D eigenvalue weighted by Gasteiger charge is -2.45. The second kappa shape index (κ2) is 33.4. The summed E-state index contributed by atoms with van der Waals surface area (Å²) in [7, 11) is 0.220. The minimum Gasteiger partial charge on any atom is -0.461 e. The van der Waals surface area contributed by atoms with Gasteiger partial charge in [-0.1, -0.05) is 79.2 Å². The average Bonchev–Trinajstić information content (AvgIpc) is 1.33. The van der Waals surface area contributed by atoms with Crippen LogP contribution in [0.25, 0.3) is 0 Å². The zero-order valence-electron chi connectivity index (χ0n) is 55.8. The summed E-state index contributed by atoms with van der Waals surface area (Å²) in [6, 6.07) is 7.77. The number of carbonyl (C=O) groups is 4. The molecule has 90 heavy (non-hydrogen) atoms. The third kappa shape index (κ3) is 20.3. The molecule has 25 heteroatoms. The molecule has 0 bridgehead atoms. The molecule has 1 aromatic rings. The smallest absolute Gasteiger partial charge is 0.408 e. The normalized spacial score (nSPS) is 37.2. The molecule has 1 unspecified atom stereocenters. The Labute approximate surface area is 535 Å². The third-order valence-corrected chi connectivity index (χ3v) is 19.5. The highest BCUT2D eigenvalue weighted by Crippen LogP contribution is 2.41. The Morgan fingerprint density at radius 1 is 0.833 bits per heavy atom. The van der Waals surface area contributed by atoms with E-state index in [0.29, 0.717) is 18.9 Å². The third-order valence-electron chi connectivity index (χ3n) is 18.1. The maximum absolute atomic E-state index is 16.1. The SMILES string of the molecule is C.CO/N=C1\C[C@@H](C)O[C@@H](O[C@@H]2[C@@H](C)[C@H](O[C@H]3CC(C)N(CC4CC4)C[C@H](C)O3)[C@@H](C)C(=O)O[C@H]([C@@H](C)CO[C@@H]3O[C@H](C)[C@@H](O)[C@@H](OC)[C@H]3OC)[C@H](C)[C@@H](OC(=O)CC(C)C)[C@@H](C)C(=O)[C@@](C)(OC(=O)NC(C)(C)CNS(=O)(=O)c3ccccc3)C[C@@H]2C)[C@@H]1O. The van der Waals surface area contributed by atoms with E-state index < -0.39 is 160 Å². The molecule has 4 heterocycles. The van der Waals surface area contributed by atoms with Gasteiger partial charge in [0.2, 0.25) is 10.0 Å². The van der Waals surface area contributed by atoms with Crippen molar-refractivity contribution in [1.82, 2.24) is 14.9 Å². The number of ether oxygens (including phenoxy) is 11. The minimum atomic E-state index is -4.03. The number of aliphatic hydroxyl groups is 2. The fraction of sp³-hybridized carbons (Fsp3) is 0.831. The number of cyclic esters (lactones) is 1. The number of oxime groups is 1. The van der Waals surface area contributed by atoms with Gasteiger partial charge in [-0.3, -0.25) is 19.3 Å². The fourth-order valence-electron chi connectivity index (χ4n) is 13.0. The van der Waals surface area contributed by atoms with Gasteiger partial charge in [0.25, 0.3) is 0 Å². The summed E-state index contributed by atoms with van der Waals surface area (Å²) in [5.41, 5.74) is -3.18. The first kappa shape index (κ1) is 76.7. The Bertz CT molecular complexity index is 2600. The highest BCUT2D eigenvalue weighted by Gasteiger charge is 2.53. The number of rotatable bonds is 22. The zero-order chi connectivity index (χ0) is 66.0. The van der Waals surface area contributed by atoms with Crippen molar-refractivity contribution in [3.8, 4) is 0 Å². The van der Waals surface area contributed by atoms with Gasteiger partial charge in [0.1, 0.15) is 43.7 Å². The molecule has 0 radical (unpaired) electrons. The van der Waals surface area contributed by atoms with Crippen molar-refractivity contribution in [3.05, 3.63) is 30.3 Å². The number of ketones is 1. The molecule has 1 aromatic carbocycles. The topological polar surface area (TPSA) is 293 Å². The molecule has 4 aliphatic heterocycles. The summed E-state index contributed by atoms with van der Waals surface area (Å²) >= 11 is 0. The number of benzene rings is 1. The van der Waals surface area contributed by atoms with Crippen LogP contribution < -0.4 is 10.0 Å². The van der Waals surface area contributed by atoms with Crippen molar-refractivity contribution in [2.45, 2.75) is 258 Å². The average molecular weight is 1300 g/mol. The van der Waals surface area contributed by atoms with E-state index >= 15 is 9.59 Å². The molecule has 22 atom stereocenters. The van der Waals surface area contributed by atoms with Gasteiger partial charge in [-0.15, -0.1) is 0 Å². The van der Waals surface area contributed by atoms with E-state index in [2.05, 4.69) is 27.0 Å². The summed E-state index contributed by atoms with van der Waals surface area (Å²) in [5.74, 6) is -7.45. The van der Waals surface area contributed by atoms with Gasteiger partial charge in [0.05, 0.1) is 65.1 Å². The van der Waals surface area contributed by atoms with E-state index in [-0.39, 0.29) is 68.5 Å². The fourth-order valence-corrected chi connectivity index (χ4v) is 14.3. The number of hydrogen-bond donors (Lipinski definition) is 4. The predicted octanol–water partition coefficient (Wildman–Crippen LogP) is 7.18. The predicted molar refractivity (Wildman–Crippen MR) is 334 cm³/mol. The van der Waals surface area contributed by atoms with Crippen LogP contribution >= 0.6 is 0 Å². The van der Waals surface area contributed by atoms with Gasteiger partial charge in [-0.25, -0.2) is 17.9 Å². The van der Waals surface area contributed by atoms with Gasteiger partial charge in [0, 0.05) is 76.9 Å². The molecule has 516 valence electrons. The second-order valence-corrected chi connectivity index (χ2v) is 29.0. The van der Waals surface area contributed by atoms with Gasteiger partial charge in [0.15, 0.2) is 30.3 Å². The quantitative estimate of drug-likeness (QED) is 0.0508. The number of aliphatic hydroxyl groups excluding tert-OH is 2. The van der Waals surface area contributed by atoms with E-state index in [4.69, 9.17) is 56.9 Å². The summed E-state index contributed by atoms with van der Waals surface area (Å²) < 4.78 is 100. The second-order valence-electron chi connectivity index (χ2n) is 27.3. The molecule has 24 nitrogen and oxygen atoms in total. The first-order chi connectivity index (χ1) is 41.7. The highest BCUT2D eigenvalue weighted by molar-refractivity contribution is 7.89. The lowest BCUT2D eigenvalue weighted by atomic mass is 9.74. The summed E-state index contributed by atoms with van der Waals surface area (Å²) in [6.45, 7) is 27.5. The molecule has 5 fully saturated rings. The van der Waals surface area contributed by atoms with E-state index in [1.54, 1.807) is 80.5 Å². The van der Waals surface area contributed by atoms with Gasteiger partial charge >= 0.3 is 18.0 Å². The van der Waals surface area contributed by atoms with Crippen molar-refractivity contribution in [2.24, 2.45) is 52.5 Å². The largest absolute Gasteiger partial charge is 0.461 e. The van der Waals surface area contributed by atoms with Crippen LogP contribution in [-0.4, -0.2) is 204 Å². The number of methoxy groups -OCH3 is 2. The number of nitrogens with one attached hydrogen (secondary N) is 2. The van der Waals surface area contributed by atoms with Crippen molar-refractivity contribution in [2.75, 3.05) is 47.6 Å². The minimum absolute atomic E-state index is 0. The number of amides is 1. The molecule has 0 spiro atoms. The molecule has 1 saturated carbocycles. The maximum Gasteiger partial charge on any atom is 0.408 e. The van der Waals surface area contributed by atoms with E-state index in [9.17, 15) is 28.2 Å². The molecule has 5 aliphatic rings. The summed E-state index contributed by atoms with van der Waals surface area (Å²) in [4.78, 5) is 68.2. The van der Waals surface area contributed by atoms with Crippen LogP contribution in [0.1, 0.15) is 150 Å². The van der Waals surface area contributed by atoms with Crippen molar-refractivity contribution in [1.29, 1.82) is 0 Å². The standard InChI is InChI=1S/C64H106N4O20S.CH4/c1-34(2)26-48(69)84-54-41(9)53(36(4)32-80-61-57(78-17)56(77-16)50(70)44(12)83-61)86-59(73)43(11)55(85-49-27-37(5)68(30-39(7)81-49)31-45-24-25-45)40(8)52(87-60-51(71)47(67-79-18)28-38(6)82-60)35(3)29-64(15,58(72)42(54)10)88-62(74)66-63(13,14)33-65-89(75,76)46-22-20-19-21-23-46;/h19-23,34-45,49-57,60-61,65,70-71H,24-33H2,1-18H3,(H,66,74);1H4/b67-47+;/t35-,36-,37?,38+,39-,40+,41-,42+,43+,44+,49-,50+,51+,52-,53+,54+,55-,56+,57+,60-,61+,64-;/m0./s1. The lowest BCUT2D eigenvalue weighted by Crippen LogP contribution is -2.59. The van der Waals surface area contributed by atoms with Gasteiger partial charge < -0.3 is 72.5 Å². The monoisotopic (exact) mass is 1300 g/mol. The maximum atomic E-state index is 16.1. The number of alkyl carbamates (subject to hydrolysis) is 1. The Morgan fingerprint density at radius 2 is 1.49 bits per heavy atom. The van der Waals surface area contributed by atoms with Crippen LogP contribution in [0.15, 0.2) is 40.4 Å². The molecular weight excluding hydrogens is 1190 g/mol. The molecule has 6 rings (SSSR count). The summed E-state index contributed by atoms with van der Waals surface area (Å²) in [6.07, 6.45) is -12.2. The number of carbonyl (C=O) groups excluding carboxylic acids is 4. The number of hydrogen-bond acceptors (Lipinski definition) is 22. The molecule has 1 amide bonds. The van der Waals surface area contributed by atoms with Crippen molar-refractivity contribution >= 4 is 39.6 Å². The van der Waals surface area contributed by atoms with Crippen LogP contribution in [0.3, 0.4) is 0 Å². The molecular formula is C65H110N4O20S. The van der Waals surface area contributed by atoms with E-state index in [1.807, 2.05) is 27.7 Å². The van der Waals surface area contributed by atoms with Crippen LogP contribution in [0.5, 0.6) is 0 Å². The lowest BCUT2D eigenvalue weighted by molar-refractivity contribution is -0.305. The first-order valence-electron chi connectivity index (χ1n) is 31.9. The van der Waals surface area contributed by atoms with Gasteiger partial charge in [-0.2, -0.15) is 0 Å². The Morgan fingerprint density at radius 3 is 2.10 bits per heavy atom. The first-order valence-corrected chi connectivity index (χ1v) is 33.4. The van der Waals surface area contributed by atoms with E-state index in [1.165, 1.54) is 40.4 Å². The number of Topliss-reactive ketones (excluding diaryl/α,β-unsaturated/α-hetero) is 1. The number of nitrogens with zero attached hydrogens (tertiary/aromatic N) is 2. The van der Waals surface area contributed by atoms with Crippen LogP contribution in [0.2, 0.25) is 0 Å². The molecule has 1 aliphatic carbocycles. The Hall–Kier alpha value is -3.96. The Balaban J connectivity index is 0.0000147. The highest BCUT2D eigenvalue weighted by atomic mass is 32.2. The van der Waals surface area contributed by atoms with Crippen molar-refractivity contribution in [3.63, 3.8) is 0 Å². The molecule has 4 N–H and O–H groups in total. The van der Waals surface area contributed by atoms with Gasteiger partial charge in [-0.05, 0) is 105 Å². The molecule has 0 aromatic heterocycles. The Kier molecular flexibility index (Phi) is 28.5. The van der Waals surface area contributed by atoms with Crippen LogP contribution in [0.4, 0.5) is 4.79 Å². The molecule has 4 saturated heterocycles. The number of esters is 2. The van der Waals surface area contributed by atoms with Crippen LogP contribution in [0, 0.1) is 47.3 Å². The zero-order valence-corrected chi connectivity index (χ0v) is 56.6.